The summed E-state index contributed by atoms with van der Waals surface area (Å²) in [6.07, 6.45) is 6.25. The minimum absolute atomic E-state index is 0.0514. The SMILES string of the molecule is Cc1cc(C(=O)NCc2ccc(NC(N)=O)cc2)c(C)n1C1CCCCC1. The first-order valence-electron chi connectivity index (χ1n) is 9.57. The third-order valence-electron chi connectivity index (χ3n) is 5.34. The Hall–Kier alpha value is -2.76. The third-order valence-corrected chi connectivity index (χ3v) is 5.34. The van der Waals surface area contributed by atoms with Gasteiger partial charge in [-0.15, -0.1) is 0 Å². The molecule has 0 unspecified atom stereocenters. The lowest BCUT2D eigenvalue weighted by Crippen LogP contribution is -2.24. The number of hydrogen-bond donors (Lipinski definition) is 3. The van der Waals surface area contributed by atoms with E-state index >= 15 is 0 Å². The van der Waals surface area contributed by atoms with Gasteiger partial charge < -0.3 is 20.9 Å². The Kier molecular flexibility index (Phi) is 5.84. The quantitative estimate of drug-likeness (QED) is 0.744. The number of carbonyl (C=O) groups excluding carboxylic acids is 2. The van der Waals surface area contributed by atoms with Crippen molar-refractivity contribution in [2.24, 2.45) is 5.73 Å². The van der Waals surface area contributed by atoms with E-state index in [1.54, 1.807) is 12.1 Å². The fourth-order valence-electron chi connectivity index (χ4n) is 4.03. The minimum atomic E-state index is -0.593. The molecule has 1 aliphatic rings. The lowest BCUT2D eigenvalue weighted by molar-refractivity contribution is 0.0950. The fraction of sp³-hybridized carbons (Fsp3) is 0.429. The maximum Gasteiger partial charge on any atom is 0.316 e. The number of aryl methyl sites for hydroxylation is 1. The van der Waals surface area contributed by atoms with E-state index in [1.165, 1.54) is 32.1 Å². The van der Waals surface area contributed by atoms with Gasteiger partial charge in [-0.25, -0.2) is 4.79 Å². The number of benzene rings is 1. The topological polar surface area (TPSA) is 89.2 Å². The van der Waals surface area contributed by atoms with Crippen molar-refractivity contribution in [3.05, 3.63) is 52.8 Å². The van der Waals surface area contributed by atoms with Gasteiger partial charge in [0.1, 0.15) is 0 Å². The molecule has 1 aromatic heterocycles. The fourth-order valence-corrected chi connectivity index (χ4v) is 4.03. The Morgan fingerprint density at radius 3 is 2.41 bits per heavy atom. The van der Waals surface area contributed by atoms with Gasteiger partial charge >= 0.3 is 6.03 Å². The number of nitrogens with one attached hydrogen (secondary N) is 2. The number of hydrogen-bond acceptors (Lipinski definition) is 2. The molecule has 0 bridgehead atoms. The van der Waals surface area contributed by atoms with Gasteiger partial charge in [-0.05, 0) is 50.5 Å². The van der Waals surface area contributed by atoms with Crippen molar-refractivity contribution in [2.45, 2.75) is 58.5 Å². The average Bonchev–Trinajstić information content (AvgIpc) is 2.95. The van der Waals surface area contributed by atoms with Crippen molar-refractivity contribution in [3.63, 3.8) is 0 Å². The summed E-state index contributed by atoms with van der Waals surface area (Å²) in [4.78, 5) is 23.6. The van der Waals surface area contributed by atoms with Gasteiger partial charge in [0, 0.05) is 29.7 Å². The number of rotatable bonds is 5. The molecule has 0 radical (unpaired) electrons. The van der Waals surface area contributed by atoms with E-state index < -0.39 is 6.03 Å². The molecule has 0 aliphatic heterocycles. The molecule has 4 N–H and O–H groups in total. The molecule has 1 saturated carbocycles. The molecular formula is C21H28N4O2. The molecule has 1 aromatic carbocycles. The van der Waals surface area contributed by atoms with Crippen LogP contribution in [0.15, 0.2) is 30.3 Å². The highest BCUT2D eigenvalue weighted by molar-refractivity contribution is 5.95. The molecule has 144 valence electrons. The van der Waals surface area contributed by atoms with E-state index in [9.17, 15) is 9.59 Å². The second-order valence-electron chi connectivity index (χ2n) is 7.32. The van der Waals surface area contributed by atoms with E-state index in [0.29, 0.717) is 18.3 Å². The smallest absolute Gasteiger partial charge is 0.316 e. The maximum atomic E-state index is 12.7. The molecule has 0 spiro atoms. The molecule has 27 heavy (non-hydrogen) atoms. The van der Waals surface area contributed by atoms with Gasteiger partial charge in [0.15, 0.2) is 0 Å². The van der Waals surface area contributed by atoms with Crippen LogP contribution in [0.1, 0.15) is 65.5 Å². The second kappa shape index (κ2) is 8.29. The van der Waals surface area contributed by atoms with Crippen LogP contribution in [0.5, 0.6) is 0 Å². The van der Waals surface area contributed by atoms with Crippen LogP contribution in [-0.2, 0) is 6.54 Å². The van der Waals surface area contributed by atoms with E-state index in [1.807, 2.05) is 25.1 Å². The Bertz CT molecular complexity index is 817. The van der Waals surface area contributed by atoms with Crippen molar-refractivity contribution in [1.82, 2.24) is 9.88 Å². The van der Waals surface area contributed by atoms with Crippen LogP contribution in [0.25, 0.3) is 0 Å². The molecule has 3 amide bonds. The minimum Gasteiger partial charge on any atom is -0.351 e. The van der Waals surface area contributed by atoms with E-state index in [2.05, 4.69) is 22.1 Å². The number of amides is 3. The highest BCUT2D eigenvalue weighted by Gasteiger charge is 2.22. The maximum absolute atomic E-state index is 12.7. The molecule has 3 rings (SSSR count). The predicted molar refractivity (Wildman–Crippen MR) is 107 cm³/mol. The van der Waals surface area contributed by atoms with Crippen LogP contribution >= 0.6 is 0 Å². The molecule has 1 heterocycles. The Balaban J connectivity index is 1.65. The third kappa shape index (κ3) is 4.51. The monoisotopic (exact) mass is 368 g/mol. The lowest BCUT2D eigenvalue weighted by atomic mass is 9.95. The number of nitrogens with zero attached hydrogens (tertiary/aromatic N) is 1. The number of urea groups is 1. The summed E-state index contributed by atoms with van der Waals surface area (Å²) in [5, 5.41) is 5.51. The zero-order valence-corrected chi connectivity index (χ0v) is 16.0. The Morgan fingerprint density at radius 1 is 1.11 bits per heavy atom. The summed E-state index contributed by atoms with van der Waals surface area (Å²) < 4.78 is 2.35. The van der Waals surface area contributed by atoms with Gasteiger partial charge in [-0.1, -0.05) is 31.4 Å². The molecule has 1 fully saturated rings. The first-order chi connectivity index (χ1) is 13.0. The van der Waals surface area contributed by atoms with Crippen LogP contribution in [0.4, 0.5) is 10.5 Å². The molecule has 6 heteroatoms. The van der Waals surface area contributed by atoms with Gasteiger partial charge in [0.25, 0.3) is 5.91 Å². The van der Waals surface area contributed by atoms with Crippen LogP contribution in [0.3, 0.4) is 0 Å². The number of primary amides is 1. The normalized spacial score (nSPS) is 14.7. The van der Waals surface area contributed by atoms with Crippen LogP contribution < -0.4 is 16.4 Å². The molecule has 0 atom stereocenters. The highest BCUT2D eigenvalue weighted by Crippen LogP contribution is 2.32. The zero-order chi connectivity index (χ0) is 19.4. The van der Waals surface area contributed by atoms with E-state index in [4.69, 9.17) is 5.73 Å². The van der Waals surface area contributed by atoms with Crippen molar-refractivity contribution in [2.75, 3.05) is 5.32 Å². The Morgan fingerprint density at radius 2 is 1.78 bits per heavy atom. The second-order valence-corrected chi connectivity index (χ2v) is 7.32. The number of anilines is 1. The predicted octanol–water partition coefficient (Wildman–Crippen LogP) is 4.03. The molecular weight excluding hydrogens is 340 g/mol. The van der Waals surface area contributed by atoms with Gasteiger partial charge in [0.2, 0.25) is 0 Å². The Labute approximate surface area is 160 Å². The summed E-state index contributed by atoms with van der Waals surface area (Å²) in [6, 6.07) is 9.17. The van der Waals surface area contributed by atoms with Crippen molar-refractivity contribution in [3.8, 4) is 0 Å². The number of nitrogens with two attached hydrogens (primary N) is 1. The van der Waals surface area contributed by atoms with Crippen molar-refractivity contribution < 1.29 is 9.59 Å². The summed E-state index contributed by atoms with van der Waals surface area (Å²) >= 11 is 0. The average molecular weight is 368 g/mol. The number of carbonyl (C=O) groups is 2. The molecule has 1 aliphatic carbocycles. The summed E-state index contributed by atoms with van der Waals surface area (Å²) in [7, 11) is 0. The van der Waals surface area contributed by atoms with Gasteiger partial charge in [-0.2, -0.15) is 0 Å². The lowest BCUT2D eigenvalue weighted by Gasteiger charge is -2.26. The molecule has 6 nitrogen and oxygen atoms in total. The van der Waals surface area contributed by atoms with Crippen LogP contribution in [-0.4, -0.2) is 16.5 Å². The van der Waals surface area contributed by atoms with Crippen molar-refractivity contribution >= 4 is 17.6 Å². The first-order valence-corrected chi connectivity index (χ1v) is 9.57. The van der Waals surface area contributed by atoms with E-state index in [-0.39, 0.29) is 5.91 Å². The highest BCUT2D eigenvalue weighted by atomic mass is 16.2. The molecule has 0 saturated heterocycles. The summed E-state index contributed by atoms with van der Waals surface area (Å²) in [5.41, 5.74) is 9.66. The van der Waals surface area contributed by atoms with E-state index in [0.717, 1.165) is 22.5 Å². The largest absolute Gasteiger partial charge is 0.351 e. The van der Waals surface area contributed by atoms with Crippen LogP contribution in [0.2, 0.25) is 0 Å². The summed E-state index contributed by atoms with van der Waals surface area (Å²) in [5.74, 6) is -0.0514. The molecule has 2 aromatic rings. The zero-order valence-electron chi connectivity index (χ0n) is 16.0. The first kappa shape index (κ1) is 19.0. The van der Waals surface area contributed by atoms with Gasteiger partial charge in [-0.3, -0.25) is 4.79 Å². The van der Waals surface area contributed by atoms with Gasteiger partial charge in [0.05, 0.1) is 5.56 Å². The number of aromatic nitrogens is 1. The standard InChI is InChI=1S/C21H28N4O2/c1-14-12-19(15(2)25(14)18-6-4-3-5-7-18)20(26)23-13-16-8-10-17(11-9-16)24-21(22)27/h8-12,18H,3-7,13H2,1-2H3,(H,23,26)(H3,22,24,27). The van der Waals surface area contributed by atoms with Crippen molar-refractivity contribution in [1.29, 1.82) is 0 Å². The summed E-state index contributed by atoms with van der Waals surface area (Å²) in [6.45, 7) is 4.56. The van der Waals surface area contributed by atoms with Crippen LogP contribution in [0, 0.1) is 13.8 Å².